The Morgan fingerprint density at radius 2 is 1.68 bits per heavy atom. The van der Waals surface area contributed by atoms with Gasteiger partial charge in [-0.25, -0.2) is 4.99 Å². The highest BCUT2D eigenvalue weighted by Crippen LogP contribution is 2.56. The van der Waals surface area contributed by atoms with E-state index in [1.165, 1.54) is 65.5 Å². The standard InChI is InChI=1S/C46H52N4/c1-4-5-6-7-16-30-48-44(38-26-27-43-41(33-38)40-22-12-13-23-42(40)46(43)28-14-9-15-29-46)49-45(50(2)3)39(32-35-18-10-8-11-19-35)25-24-36-20-17-21-37(31-36)34-47/h4-8,10-13,16-18,20-23,25-27,30-33,44,48H,9,14-15,19,24,28-29,34,47H2,1-3H3/b5-4+,7-6-,30-16-,35-32-,39-25+,49-45?. The lowest BCUT2D eigenvalue weighted by molar-refractivity contribution is 0.353. The number of benzene rings is 3. The molecule has 0 amide bonds. The molecule has 0 radical (unpaired) electrons. The van der Waals surface area contributed by atoms with Gasteiger partial charge in [0.15, 0.2) is 0 Å². The molecular formula is C46H52N4. The molecule has 0 aliphatic heterocycles. The number of rotatable bonds is 11. The zero-order valence-corrected chi connectivity index (χ0v) is 30.0. The van der Waals surface area contributed by atoms with Gasteiger partial charge in [0, 0.05) is 31.6 Å². The van der Waals surface area contributed by atoms with Gasteiger partial charge in [-0.15, -0.1) is 0 Å². The van der Waals surface area contributed by atoms with E-state index < -0.39 is 0 Å². The van der Waals surface area contributed by atoms with Crippen molar-refractivity contribution in [3.63, 3.8) is 0 Å². The molecule has 1 atom stereocenters. The third-order valence-corrected chi connectivity index (χ3v) is 10.2. The van der Waals surface area contributed by atoms with Gasteiger partial charge in [-0.1, -0.05) is 135 Å². The second kappa shape index (κ2) is 16.7. The number of hydrogen-bond donors (Lipinski definition) is 2. The number of nitrogens with one attached hydrogen (secondary N) is 1. The topological polar surface area (TPSA) is 53.6 Å². The lowest BCUT2D eigenvalue weighted by atomic mass is 9.68. The quantitative estimate of drug-likeness (QED) is 0.122. The van der Waals surface area contributed by atoms with Gasteiger partial charge in [0.25, 0.3) is 0 Å². The molecule has 0 bridgehead atoms. The molecule has 6 rings (SSSR count). The summed E-state index contributed by atoms with van der Waals surface area (Å²) in [4.78, 5) is 7.69. The van der Waals surface area contributed by atoms with Crippen molar-refractivity contribution in [2.24, 2.45) is 10.7 Å². The molecule has 3 aliphatic rings. The van der Waals surface area contributed by atoms with Crippen molar-refractivity contribution in [3.8, 4) is 11.1 Å². The van der Waals surface area contributed by atoms with E-state index in [9.17, 15) is 0 Å². The summed E-state index contributed by atoms with van der Waals surface area (Å²) in [7, 11) is 4.19. The average molecular weight is 661 g/mol. The Labute approximate surface area is 299 Å². The van der Waals surface area contributed by atoms with Crippen LogP contribution in [0.3, 0.4) is 0 Å². The van der Waals surface area contributed by atoms with E-state index in [0.717, 1.165) is 35.4 Å². The van der Waals surface area contributed by atoms with E-state index in [0.29, 0.717) is 6.54 Å². The van der Waals surface area contributed by atoms with Gasteiger partial charge in [-0.3, -0.25) is 0 Å². The Bertz CT molecular complexity index is 1890. The Kier molecular flexibility index (Phi) is 11.6. The number of likely N-dealkylation sites (N-methyl/N-ethyl adjacent to an activating group) is 1. The largest absolute Gasteiger partial charge is 0.366 e. The van der Waals surface area contributed by atoms with Crippen molar-refractivity contribution < 1.29 is 0 Å². The van der Waals surface area contributed by atoms with Crippen molar-refractivity contribution in [1.82, 2.24) is 10.2 Å². The fourth-order valence-electron chi connectivity index (χ4n) is 7.73. The lowest BCUT2D eigenvalue weighted by Gasteiger charge is -2.36. The van der Waals surface area contributed by atoms with Gasteiger partial charge >= 0.3 is 0 Å². The summed E-state index contributed by atoms with van der Waals surface area (Å²) in [5, 5.41) is 3.67. The third kappa shape index (κ3) is 7.93. The maximum Gasteiger partial charge on any atom is 0.146 e. The van der Waals surface area contributed by atoms with E-state index >= 15 is 0 Å². The molecule has 3 aliphatic carbocycles. The van der Waals surface area contributed by atoms with Crippen molar-refractivity contribution >= 4 is 5.84 Å². The van der Waals surface area contributed by atoms with E-state index in [2.05, 4.69) is 127 Å². The number of hydrogen-bond acceptors (Lipinski definition) is 3. The zero-order valence-electron chi connectivity index (χ0n) is 30.0. The van der Waals surface area contributed by atoms with E-state index in [-0.39, 0.29) is 11.6 Å². The molecule has 256 valence electrons. The molecule has 0 saturated heterocycles. The molecule has 0 heterocycles. The summed E-state index contributed by atoms with van der Waals surface area (Å²) in [6.07, 6.45) is 33.2. The third-order valence-electron chi connectivity index (χ3n) is 10.2. The molecule has 0 aromatic heterocycles. The number of amidine groups is 1. The van der Waals surface area contributed by atoms with Crippen LogP contribution in [0.5, 0.6) is 0 Å². The number of fused-ring (bicyclic) bond motifs is 5. The van der Waals surface area contributed by atoms with Crippen LogP contribution in [-0.2, 0) is 18.4 Å². The molecule has 4 heteroatoms. The summed E-state index contributed by atoms with van der Waals surface area (Å²) in [6.45, 7) is 2.56. The molecule has 3 N–H and O–H groups in total. The molecule has 3 aromatic carbocycles. The number of nitrogens with zero attached hydrogens (tertiary/aromatic N) is 2. The van der Waals surface area contributed by atoms with E-state index in [1.807, 2.05) is 43.5 Å². The van der Waals surface area contributed by atoms with Gasteiger partial charge in [-0.05, 0) is 102 Å². The fourth-order valence-corrected chi connectivity index (χ4v) is 7.73. The number of aliphatic imine (C=N–C) groups is 1. The lowest BCUT2D eigenvalue weighted by Crippen LogP contribution is -2.28. The van der Waals surface area contributed by atoms with Crippen molar-refractivity contribution in [2.45, 2.75) is 70.0 Å². The van der Waals surface area contributed by atoms with Crippen LogP contribution in [0.2, 0.25) is 0 Å². The molecule has 1 saturated carbocycles. The molecule has 50 heavy (non-hydrogen) atoms. The van der Waals surface area contributed by atoms with Crippen molar-refractivity contribution in [3.05, 3.63) is 179 Å². The van der Waals surface area contributed by atoms with Gasteiger partial charge in [0.05, 0.1) is 0 Å². The van der Waals surface area contributed by atoms with Crippen LogP contribution in [0.1, 0.15) is 79.4 Å². The summed E-state index contributed by atoms with van der Waals surface area (Å²) >= 11 is 0. The highest BCUT2D eigenvalue weighted by atomic mass is 15.2. The van der Waals surface area contributed by atoms with Crippen LogP contribution in [0.4, 0.5) is 0 Å². The van der Waals surface area contributed by atoms with E-state index in [1.54, 1.807) is 0 Å². The monoisotopic (exact) mass is 660 g/mol. The molecule has 4 nitrogen and oxygen atoms in total. The Morgan fingerprint density at radius 3 is 2.46 bits per heavy atom. The first kappa shape index (κ1) is 34.9. The van der Waals surface area contributed by atoms with Crippen LogP contribution >= 0.6 is 0 Å². The Hall–Kier alpha value is -4.93. The molecule has 1 fully saturated rings. The minimum atomic E-state index is -0.303. The van der Waals surface area contributed by atoms with Crippen molar-refractivity contribution in [2.75, 3.05) is 14.1 Å². The van der Waals surface area contributed by atoms with Crippen LogP contribution < -0.4 is 11.1 Å². The fraction of sp³-hybridized carbons (Fsp3) is 0.283. The summed E-state index contributed by atoms with van der Waals surface area (Å²) in [5.74, 6) is 0.926. The maximum atomic E-state index is 5.99. The predicted molar refractivity (Wildman–Crippen MR) is 213 cm³/mol. The Balaban J connectivity index is 1.44. The molecule has 3 aromatic rings. The van der Waals surface area contributed by atoms with Crippen LogP contribution in [0.15, 0.2) is 156 Å². The smallest absolute Gasteiger partial charge is 0.146 e. The van der Waals surface area contributed by atoms with E-state index in [4.69, 9.17) is 10.7 Å². The predicted octanol–water partition coefficient (Wildman–Crippen LogP) is 10.2. The van der Waals surface area contributed by atoms with Gasteiger partial charge in [0.2, 0.25) is 0 Å². The highest BCUT2D eigenvalue weighted by molar-refractivity contribution is 6.01. The van der Waals surface area contributed by atoms with Gasteiger partial charge < -0.3 is 16.0 Å². The average Bonchev–Trinajstić information content (AvgIpc) is 3.41. The normalized spacial score (nSPS) is 18.4. The second-order valence-corrected chi connectivity index (χ2v) is 13.8. The number of nitrogens with two attached hydrogens (primary N) is 1. The van der Waals surface area contributed by atoms with Crippen LogP contribution in [0.25, 0.3) is 11.1 Å². The first-order valence-electron chi connectivity index (χ1n) is 18.2. The summed E-state index contributed by atoms with van der Waals surface area (Å²) in [6, 6.07) is 24.8. The van der Waals surface area contributed by atoms with Crippen LogP contribution in [-0.4, -0.2) is 24.8 Å². The first-order chi connectivity index (χ1) is 24.5. The summed E-state index contributed by atoms with van der Waals surface area (Å²) < 4.78 is 0. The first-order valence-corrected chi connectivity index (χ1v) is 18.2. The summed E-state index contributed by atoms with van der Waals surface area (Å²) in [5.41, 5.74) is 17.7. The van der Waals surface area contributed by atoms with Gasteiger partial charge in [0.1, 0.15) is 12.0 Å². The highest BCUT2D eigenvalue weighted by Gasteiger charge is 2.43. The molecule has 1 unspecified atom stereocenters. The minimum Gasteiger partial charge on any atom is -0.366 e. The Morgan fingerprint density at radius 1 is 0.880 bits per heavy atom. The zero-order chi connectivity index (χ0) is 34.8. The SMILES string of the molecule is C/C=C/C=C\C=C/NC(N=C(C(/C=C1/C=CC=CC1)=C/Cc1cccc(CN)c1)N(C)C)c1ccc2c(c1)-c1ccccc1C21CCCCC1. The van der Waals surface area contributed by atoms with Crippen molar-refractivity contribution in [1.29, 1.82) is 0 Å². The minimum absolute atomic E-state index is 0.131. The molecular weight excluding hydrogens is 609 g/mol. The number of allylic oxidation sites excluding steroid dienone is 11. The molecule has 1 spiro atoms. The maximum absolute atomic E-state index is 5.99. The van der Waals surface area contributed by atoms with Crippen LogP contribution in [0, 0.1) is 0 Å². The second-order valence-electron chi connectivity index (χ2n) is 13.8. The van der Waals surface area contributed by atoms with Gasteiger partial charge in [-0.2, -0.15) is 0 Å².